The van der Waals surface area contributed by atoms with Crippen molar-refractivity contribution in [2.75, 3.05) is 17.2 Å². The lowest BCUT2D eigenvalue weighted by Gasteiger charge is -2.16. The van der Waals surface area contributed by atoms with Crippen LogP contribution in [-0.4, -0.2) is 30.1 Å². The zero-order valence-electron chi connectivity index (χ0n) is 7.73. The van der Waals surface area contributed by atoms with Crippen LogP contribution in [0.25, 0.3) is 0 Å². The molecular weight excluding hydrogens is 222 g/mol. The Bertz CT molecular complexity index is 453. The van der Waals surface area contributed by atoms with Crippen LogP contribution in [0.15, 0.2) is 0 Å². The van der Waals surface area contributed by atoms with Crippen LogP contribution in [0.5, 0.6) is 0 Å². The number of sulfone groups is 1. The second-order valence-corrected chi connectivity index (χ2v) is 7.04. The van der Waals surface area contributed by atoms with Crippen molar-refractivity contribution in [3.63, 3.8) is 0 Å². The van der Waals surface area contributed by atoms with Crippen LogP contribution in [0.4, 0.5) is 5.13 Å². The summed E-state index contributed by atoms with van der Waals surface area (Å²) in [5, 5.41) is 8.75. The van der Waals surface area contributed by atoms with E-state index in [1.54, 1.807) is 0 Å². The molecule has 0 aliphatic carbocycles. The smallest absolute Gasteiger partial charge is 0.203 e. The molecule has 0 amide bonds. The van der Waals surface area contributed by atoms with Gasteiger partial charge in [-0.25, -0.2) is 8.42 Å². The SMILES string of the molecule is CC1(c2nnc(N)s2)CCS(=O)(=O)C1. The molecule has 0 radical (unpaired) electrons. The van der Waals surface area contributed by atoms with Gasteiger partial charge in [-0.3, -0.25) is 0 Å². The van der Waals surface area contributed by atoms with Gasteiger partial charge >= 0.3 is 0 Å². The van der Waals surface area contributed by atoms with Crippen molar-refractivity contribution in [2.45, 2.75) is 18.8 Å². The van der Waals surface area contributed by atoms with Crippen LogP contribution in [-0.2, 0) is 15.3 Å². The minimum atomic E-state index is -2.89. The first kappa shape index (κ1) is 9.85. The quantitative estimate of drug-likeness (QED) is 0.748. The van der Waals surface area contributed by atoms with Crippen molar-refractivity contribution in [1.82, 2.24) is 10.2 Å². The van der Waals surface area contributed by atoms with E-state index in [2.05, 4.69) is 10.2 Å². The summed E-state index contributed by atoms with van der Waals surface area (Å²) >= 11 is 1.28. The Labute approximate surface area is 86.3 Å². The summed E-state index contributed by atoms with van der Waals surface area (Å²) in [5.41, 5.74) is 5.09. The summed E-state index contributed by atoms with van der Waals surface area (Å²) in [6.45, 7) is 1.90. The standard InChI is InChI=1S/C7H11N3O2S2/c1-7(2-3-14(11,12)4-7)5-9-10-6(8)13-5/h2-4H2,1H3,(H2,8,10). The minimum absolute atomic E-state index is 0.161. The molecule has 0 aromatic carbocycles. The first-order chi connectivity index (χ1) is 6.41. The fourth-order valence-corrected chi connectivity index (χ4v) is 4.69. The fraction of sp³-hybridized carbons (Fsp3) is 0.714. The largest absolute Gasteiger partial charge is 0.374 e. The molecule has 5 nitrogen and oxygen atoms in total. The number of hydrogen-bond acceptors (Lipinski definition) is 6. The van der Waals surface area contributed by atoms with Crippen molar-refractivity contribution >= 4 is 26.3 Å². The van der Waals surface area contributed by atoms with E-state index in [9.17, 15) is 8.42 Å². The molecule has 1 unspecified atom stereocenters. The van der Waals surface area contributed by atoms with E-state index in [0.29, 0.717) is 11.6 Å². The third kappa shape index (κ3) is 1.61. The zero-order chi connectivity index (χ0) is 10.4. The van der Waals surface area contributed by atoms with E-state index in [1.807, 2.05) is 6.92 Å². The van der Waals surface area contributed by atoms with Crippen molar-refractivity contribution in [1.29, 1.82) is 0 Å². The van der Waals surface area contributed by atoms with Crippen LogP contribution < -0.4 is 5.73 Å². The zero-order valence-corrected chi connectivity index (χ0v) is 9.36. The fourth-order valence-electron chi connectivity index (χ4n) is 1.66. The number of nitrogens with zero attached hydrogens (tertiary/aromatic N) is 2. The lowest BCUT2D eigenvalue weighted by Crippen LogP contribution is -2.23. The van der Waals surface area contributed by atoms with Gasteiger partial charge in [-0.1, -0.05) is 18.3 Å². The average molecular weight is 233 g/mol. The lowest BCUT2D eigenvalue weighted by atomic mass is 9.91. The normalized spacial score (nSPS) is 30.6. The Morgan fingerprint density at radius 1 is 1.50 bits per heavy atom. The number of rotatable bonds is 1. The molecule has 1 aromatic heterocycles. The highest BCUT2D eigenvalue weighted by Gasteiger charge is 2.42. The molecule has 2 heterocycles. The topological polar surface area (TPSA) is 85.9 Å². The number of nitrogen functional groups attached to an aromatic ring is 1. The molecule has 1 atom stereocenters. The van der Waals surface area contributed by atoms with E-state index in [1.165, 1.54) is 11.3 Å². The Morgan fingerprint density at radius 2 is 2.21 bits per heavy atom. The molecule has 1 saturated heterocycles. The van der Waals surface area contributed by atoms with Gasteiger partial charge in [0.25, 0.3) is 0 Å². The second kappa shape index (κ2) is 2.90. The van der Waals surface area contributed by atoms with Crippen molar-refractivity contribution in [2.24, 2.45) is 0 Å². The van der Waals surface area contributed by atoms with Gasteiger partial charge in [-0.15, -0.1) is 10.2 Å². The Hall–Kier alpha value is -0.690. The van der Waals surface area contributed by atoms with Crippen LogP contribution in [0, 0.1) is 0 Å². The van der Waals surface area contributed by atoms with E-state index >= 15 is 0 Å². The van der Waals surface area contributed by atoms with Gasteiger partial charge < -0.3 is 5.73 Å². The molecule has 1 fully saturated rings. The van der Waals surface area contributed by atoms with Gasteiger partial charge in [0.2, 0.25) is 5.13 Å². The van der Waals surface area contributed by atoms with E-state index in [-0.39, 0.29) is 16.9 Å². The predicted octanol–water partition coefficient (Wildman–Crippen LogP) is 0.196. The Balaban J connectivity index is 2.36. The minimum Gasteiger partial charge on any atom is -0.374 e. The first-order valence-electron chi connectivity index (χ1n) is 4.21. The number of nitrogens with two attached hydrogens (primary N) is 1. The predicted molar refractivity (Wildman–Crippen MR) is 54.9 cm³/mol. The molecule has 1 aliphatic heterocycles. The molecule has 1 aliphatic rings. The summed E-state index contributed by atoms with van der Waals surface area (Å²) in [4.78, 5) is 0. The van der Waals surface area contributed by atoms with Crippen molar-refractivity contribution in [3.8, 4) is 0 Å². The van der Waals surface area contributed by atoms with Gasteiger partial charge in [0.1, 0.15) is 5.01 Å². The van der Waals surface area contributed by atoms with E-state index in [4.69, 9.17) is 5.73 Å². The van der Waals surface area contributed by atoms with Crippen LogP contribution >= 0.6 is 11.3 Å². The molecule has 1 aromatic rings. The highest BCUT2D eigenvalue weighted by Crippen LogP contribution is 2.37. The Kier molecular flexibility index (Phi) is 2.04. The van der Waals surface area contributed by atoms with Gasteiger partial charge in [0.15, 0.2) is 9.84 Å². The van der Waals surface area contributed by atoms with Gasteiger partial charge in [0.05, 0.1) is 11.5 Å². The van der Waals surface area contributed by atoms with Crippen molar-refractivity contribution in [3.05, 3.63) is 5.01 Å². The third-order valence-corrected chi connectivity index (χ3v) is 5.42. The van der Waals surface area contributed by atoms with Crippen molar-refractivity contribution < 1.29 is 8.42 Å². The highest BCUT2D eigenvalue weighted by atomic mass is 32.2. The number of hydrogen-bond donors (Lipinski definition) is 1. The third-order valence-electron chi connectivity index (χ3n) is 2.46. The molecule has 0 saturated carbocycles. The van der Waals surface area contributed by atoms with E-state index < -0.39 is 9.84 Å². The van der Waals surface area contributed by atoms with E-state index in [0.717, 1.165) is 5.01 Å². The maximum atomic E-state index is 11.4. The second-order valence-electron chi connectivity index (χ2n) is 3.85. The molecule has 2 N–H and O–H groups in total. The van der Waals surface area contributed by atoms with Gasteiger partial charge in [0, 0.05) is 5.41 Å². The first-order valence-corrected chi connectivity index (χ1v) is 6.85. The monoisotopic (exact) mass is 233 g/mol. The molecular formula is C7H11N3O2S2. The lowest BCUT2D eigenvalue weighted by molar-refractivity contribution is 0.528. The summed E-state index contributed by atoms with van der Waals surface area (Å²) in [6.07, 6.45) is 0.615. The summed E-state index contributed by atoms with van der Waals surface area (Å²) in [7, 11) is -2.89. The number of anilines is 1. The molecule has 0 bridgehead atoms. The van der Waals surface area contributed by atoms with Gasteiger partial charge in [-0.2, -0.15) is 0 Å². The molecule has 7 heteroatoms. The molecule has 2 rings (SSSR count). The maximum absolute atomic E-state index is 11.4. The molecule has 0 spiro atoms. The number of aromatic nitrogens is 2. The molecule has 14 heavy (non-hydrogen) atoms. The van der Waals surface area contributed by atoms with Crippen LogP contribution in [0.1, 0.15) is 18.4 Å². The maximum Gasteiger partial charge on any atom is 0.203 e. The van der Waals surface area contributed by atoms with Gasteiger partial charge in [-0.05, 0) is 6.42 Å². The Morgan fingerprint density at radius 3 is 2.64 bits per heavy atom. The van der Waals surface area contributed by atoms with Crippen LogP contribution in [0.2, 0.25) is 0 Å². The molecule has 78 valence electrons. The average Bonchev–Trinajstić information content (AvgIpc) is 2.57. The van der Waals surface area contributed by atoms with Crippen LogP contribution in [0.3, 0.4) is 0 Å². The summed E-state index contributed by atoms with van der Waals surface area (Å²) in [6, 6.07) is 0. The summed E-state index contributed by atoms with van der Waals surface area (Å²) < 4.78 is 22.7. The summed E-state index contributed by atoms with van der Waals surface area (Å²) in [5.74, 6) is 0.400. The highest BCUT2D eigenvalue weighted by molar-refractivity contribution is 7.91.